The number of sulfonamides is 1. The number of amides is 1. The average Bonchev–Trinajstić information content (AvgIpc) is 2.70. The number of hydrogen-bond donors (Lipinski definition) is 2. The van der Waals surface area contributed by atoms with Crippen molar-refractivity contribution in [2.24, 2.45) is 0 Å². The molecule has 2 rings (SSSR count). The van der Waals surface area contributed by atoms with E-state index in [4.69, 9.17) is 9.84 Å². The first-order valence-corrected chi connectivity index (χ1v) is 11.9. The number of carbonyl (C=O) groups is 2. The maximum Gasteiger partial charge on any atom is 0.412 e. The molecule has 0 spiro atoms. The quantitative estimate of drug-likeness (QED) is 0.256. The number of carbonyl (C=O) groups excluding carboxylic acids is 1. The molecule has 1 aliphatic rings. The van der Waals surface area contributed by atoms with Gasteiger partial charge < -0.3 is 9.84 Å². The molecule has 1 amide bonds. The second-order valence-electron chi connectivity index (χ2n) is 7.96. The molecule has 184 valence electrons. The summed E-state index contributed by atoms with van der Waals surface area (Å²) >= 11 is -0.0983. The minimum Gasteiger partial charge on any atom is -0.477 e. The Hall–Kier alpha value is -2.32. The molecule has 0 saturated carbocycles. The van der Waals surface area contributed by atoms with Gasteiger partial charge in [0.25, 0.3) is 0 Å². The van der Waals surface area contributed by atoms with Crippen LogP contribution in [0.15, 0.2) is 20.9 Å². The number of halogens is 4. The summed E-state index contributed by atoms with van der Waals surface area (Å²) < 4.78 is 89.1. The molecule has 0 aliphatic carbocycles. The van der Waals surface area contributed by atoms with Gasteiger partial charge in [0.05, 0.1) is 4.90 Å². The number of carboxylic acid groups (broad SMARTS) is 1. The maximum absolute atomic E-state index is 14.6. The number of benzene rings is 1. The van der Waals surface area contributed by atoms with Gasteiger partial charge in [0, 0.05) is 18.5 Å². The van der Waals surface area contributed by atoms with Crippen molar-refractivity contribution in [1.29, 1.82) is 0 Å². The van der Waals surface area contributed by atoms with Crippen LogP contribution in [0.4, 0.5) is 22.4 Å². The molecule has 1 aliphatic heterocycles. The van der Waals surface area contributed by atoms with Gasteiger partial charge in [-0.3, -0.25) is 5.32 Å². The van der Waals surface area contributed by atoms with E-state index in [0.717, 1.165) is 4.31 Å². The SMILES string of the molecule is CC(C)(C)OC(=O)N/C(=C/Sc1c(F)c(F)c(S(=O)(=O)N2CCCCC2)c(F)c1F)C(=O)O. The van der Waals surface area contributed by atoms with Crippen LogP contribution in [0, 0.1) is 23.3 Å². The number of nitrogens with one attached hydrogen (secondary N) is 1. The molecule has 1 heterocycles. The van der Waals surface area contributed by atoms with E-state index in [1.165, 1.54) is 20.8 Å². The highest BCUT2D eigenvalue weighted by Crippen LogP contribution is 2.36. The van der Waals surface area contributed by atoms with E-state index in [1.54, 1.807) is 0 Å². The zero-order chi connectivity index (χ0) is 25.1. The van der Waals surface area contributed by atoms with Crippen LogP contribution >= 0.6 is 11.8 Å². The number of ether oxygens (including phenoxy) is 1. The van der Waals surface area contributed by atoms with Crippen LogP contribution in [0.5, 0.6) is 0 Å². The minimum atomic E-state index is -4.85. The standard InChI is InChI=1S/C19H22F4N2O6S2/c1-19(2,3)31-18(28)24-10(17(26)27)9-32-15-11(20)13(22)16(14(23)12(15)21)33(29,30)25-7-5-4-6-8-25/h9H,4-8H2,1-3H3,(H,24,28)(H,26,27)/b10-9+. The normalized spacial score (nSPS) is 15.9. The van der Waals surface area contributed by atoms with Crippen molar-refractivity contribution in [3.05, 3.63) is 34.4 Å². The molecule has 14 heteroatoms. The van der Waals surface area contributed by atoms with Crippen LogP contribution in [0.1, 0.15) is 40.0 Å². The van der Waals surface area contributed by atoms with Gasteiger partial charge >= 0.3 is 12.1 Å². The van der Waals surface area contributed by atoms with Crippen molar-refractivity contribution < 1.29 is 45.4 Å². The van der Waals surface area contributed by atoms with Crippen molar-refractivity contribution >= 4 is 33.8 Å². The fourth-order valence-corrected chi connectivity index (χ4v) is 5.23. The first-order chi connectivity index (χ1) is 15.2. The van der Waals surface area contributed by atoms with E-state index in [9.17, 15) is 35.6 Å². The molecule has 0 bridgehead atoms. The van der Waals surface area contributed by atoms with E-state index >= 15 is 0 Å². The number of nitrogens with zero attached hydrogens (tertiary/aromatic N) is 1. The molecule has 33 heavy (non-hydrogen) atoms. The minimum absolute atomic E-state index is 0.0536. The summed E-state index contributed by atoms with van der Waals surface area (Å²) in [6.45, 7) is 4.40. The van der Waals surface area contributed by atoms with E-state index in [-0.39, 0.29) is 24.9 Å². The van der Waals surface area contributed by atoms with E-state index in [0.29, 0.717) is 24.7 Å². The van der Waals surface area contributed by atoms with E-state index in [2.05, 4.69) is 0 Å². The van der Waals surface area contributed by atoms with Gasteiger partial charge in [-0.25, -0.2) is 35.6 Å². The summed E-state index contributed by atoms with van der Waals surface area (Å²) in [4.78, 5) is 20.0. The lowest BCUT2D eigenvalue weighted by Crippen LogP contribution is -2.37. The van der Waals surface area contributed by atoms with Crippen molar-refractivity contribution in [2.45, 2.75) is 55.4 Å². The lowest BCUT2D eigenvalue weighted by atomic mass is 10.2. The summed E-state index contributed by atoms with van der Waals surface area (Å²) in [5.41, 5.74) is -1.89. The van der Waals surface area contributed by atoms with Gasteiger partial charge in [0.2, 0.25) is 10.0 Å². The van der Waals surface area contributed by atoms with Crippen LogP contribution in [-0.4, -0.2) is 48.6 Å². The molecule has 1 saturated heterocycles. The molecule has 0 radical (unpaired) electrons. The Balaban J connectivity index is 2.42. The Morgan fingerprint density at radius 1 is 1.03 bits per heavy atom. The van der Waals surface area contributed by atoms with E-state index in [1.807, 2.05) is 5.32 Å². The van der Waals surface area contributed by atoms with Crippen molar-refractivity contribution in [1.82, 2.24) is 9.62 Å². The molecule has 1 aromatic rings. The number of carboxylic acids is 1. The molecule has 0 atom stereocenters. The summed E-state index contributed by atoms with van der Waals surface area (Å²) in [6, 6.07) is 0. The van der Waals surface area contributed by atoms with Gasteiger partial charge in [0.15, 0.2) is 28.2 Å². The van der Waals surface area contributed by atoms with Gasteiger partial charge in [-0.15, -0.1) is 0 Å². The van der Waals surface area contributed by atoms with Crippen molar-refractivity contribution in [3.8, 4) is 0 Å². The van der Waals surface area contributed by atoms with Crippen LogP contribution in [0.3, 0.4) is 0 Å². The van der Waals surface area contributed by atoms with Gasteiger partial charge in [0.1, 0.15) is 11.3 Å². The van der Waals surface area contributed by atoms with Crippen LogP contribution in [-0.2, 0) is 19.6 Å². The number of hydrogen-bond acceptors (Lipinski definition) is 6. The van der Waals surface area contributed by atoms with Crippen molar-refractivity contribution in [3.63, 3.8) is 0 Å². The van der Waals surface area contributed by atoms with Gasteiger partial charge in [-0.05, 0) is 33.6 Å². The Bertz CT molecular complexity index is 1050. The molecule has 0 aromatic heterocycles. The zero-order valence-electron chi connectivity index (χ0n) is 17.9. The third-order valence-electron chi connectivity index (χ3n) is 4.26. The Kier molecular flexibility index (Phi) is 8.41. The Morgan fingerprint density at radius 2 is 1.55 bits per heavy atom. The second-order valence-corrected chi connectivity index (χ2v) is 10.7. The Morgan fingerprint density at radius 3 is 2.00 bits per heavy atom. The number of alkyl carbamates (subject to hydrolysis) is 1. The lowest BCUT2D eigenvalue weighted by Gasteiger charge is -2.26. The third kappa shape index (κ3) is 6.38. The maximum atomic E-state index is 14.6. The zero-order valence-corrected chi connectivity index (χ0v) is 19.5. The smallest absolute Gasteiger partial charge is 0.412 e. The molecule has 8 nitrogen and oxygen atoms in total. The topological polar surface area (TPSA) is 113 Å². The number of thioether (sulfide) groups is 1. The first-order valence-electron chi connectivity index (χ1n) is 9.63. The lowest BCUT2D eigenvalue weighted by molar-refractivity contribution is -0.133. The average molecular weight is 515 g/mol. The van der Waals surface area contributed by atoms with Crippen LogP contribution in [0.2, 0.25) is 0 Å². The molecule has 2 N–H and O–H groups in total. The van der Waals surface area contributed by atoms with Gasteiger partial charge in [-0.1, -0.05) is 18.2 Å². The predicted octanol–water partition coefficient (Wildman–Crippen LogP) is 3.96. The highest BCUT2D eigenvalue weighted by Gasteiger charge is 2.37. The Labute approximate surface area is 192 Å². The second kappa shape index (κ2) is 10.3. The molecule has 1 fully saturated rings. The van der Waals surface area contributed by atoms with Gasteiger partial charge in [-0.2, -0.15) is 4.31 Å². The van der Waals surface area contributed by atoms with Crippen LogP contribution in [0.25, 0.3) is 0 Å². The largest absolute Gasteiger partial charge is 0.477 e. The monoisotopic (exact) mass is 514 g/mol. The summed E-state index contributed by atoms with van der Waals surface area (Å²) in [5.74, 6) is -10.0. The molecular formula is C19H22F4N2O6S2. The fourth-order valence-electron chi connectivity index (χ4n) is 2.82. The predicted molar refractivity (Wildman–Crippen MR) is 110 cm³/mol. The molecule has 0 unspecified atom stereocenters. The third-order valence-corrected chi connectivity index (χ3v) is 7.12. The van der Waals surface area contributed by atoms with Crippen LogP contribution < -0.4 is 5.32 Å². The number of aliphatic carboxylic acids is 1. The fraction of sp³-hybridized carbons (Fsp3) is 0.474. The highest BCUT2D eigenvalue weighted by atomic mass is 32.2. The summed E-state index contributed by atoms with van der Waals surface area (Å²) in [5, 5.41) is 11.5. The highest BCUT2D eigenvalue weighted by molar-refractivity contribution is 8.02. The summed E-state index contributed by atoms with van der Waals surface area (Å²) in [7, 11) is -4.85. The molecular weight excluding hydrogens is 492 g/mol. The van der Waals surface area contributed by atoms with E-state index < -0.39 is 66.4 Å². The number of rotatable bonds is 6. The number of piperidine rings is 1. The molecule has 1 aromatic carbocycles. The first kappa shape index (κ1) is 26.9. The summed E-state index contributed by atoms with van der Waals surface area (Å²) in [6.07, 6.45) is 0.354. The van der Waals surface area contributed by atoms with Crippen molar-refractivity contribution in [2.75, 3.05) is 13.1 Å².